The number of rotatable bonds is 1. The Labute approximate surface area is 82.4 Å². The third-order valence-electron chi connectivity index (χ3n) is 2.11. The SMILES string of the molecule is CC(=O)OC1C=Nc2ccccc2C1. The molecule has 3 nitrogen and oxygen atoms in total. The van der Waals surface area contributed by atoms with Gasteiger partial charge in [0.25, 0.3) is 0 Å². The Balaban J connectivity index is 2.17. The van der Waals surface area contributed by atoms with E-state index in [0.29, 0.717) is 0 Å². The minimum Gasteiger partial charge on any atom is -0.456 e. The van der Waals surface area contributed by atoms with Crippen LogP contribution in [0.4, 0.5) is 5.69 Å². The van der Waals surface area contributed by atoms with E-state index >= 15 is 0 Å². The number of fused-ring (bicyclic) bond motifs is 1. The van der Waals surface area contributed by atoms with Crippen molar-refractivity contribution in [3.63, 3.8) is 0 Å². The number of nitrogens with zero attached hydrogens (tertiary/aromatic N) is 1. The Morgan fingerprint density at radius 1 is 1.50 bits per heavy atom. The summed E-state index contributed by atoms with van der Waals surface area (Å²) < 4.78 is 5.06. The zero-order valence-corrected chi connectivity index (χ0v) is 7.93. The van der Waals surface area contributed by atoms with Crippen LogP contribution < -0.4 is 0 Å². The molecule has 0 bridgehead atoms. The molecule has 0 saturated carbocycles. The highest BCUT2D eigenvalue weighted by molar-refractivity contribution is 5.76. The molecule has 3 heteroatoms. The predicted molar refractivity (Wildman–Crippen MR) is 53.9 cm³/mol. The van der Waals surface area contributed by atoms with Gasteiger partial charge in [0.2, 0.25) is 0 Å². The lowest BCUT2D eigenvalue weighted by atomic mass is 10.0. The van der Waals surface area contributed by atoms with E-state index in [-0.39, 0.29) is 12.1 Å². The first kappa shape index (κ1) is 8.94. The maximum atomic E-state index is 10.7. The molecule has 1 aliphatic heterocycles. The zero-order chi connectivity index (χ0) is 9.97. The Kier molecular flexibility index (Phi) is 2.31. The maximum Gasteiger partial charge on any atom is 0.303 e. The first-order valence-corrected chi connectivity index (χ1v) is 4.55. The summed E-state index contributed by atoms with van der Waals surface area (Å²) >= 11 is 0. The summed E-state index contributed by atoms with van der Waals surface area (Å²) in [6.45, 7) is 1.41. The molecule has 1 aromatic carbocycles. The van der Waals surface area contributed by atoms with E-state index in [1.54, 1.807) is 6.21 Å². The maximum absolute atomic E-state index is 10.7. The van der Waals surface area contributed by atoms with Crippen LogP contribution in [-0.4, -0.2) is 18.3 Å². The van der Waals surface area contributed by atoms with Gasteiger partial charge in [0.05, 0.1) is 5.69 Å². The van der Waals surface area contributed by atoms with E-state index in [9.17, 15) is 4.79 Å². The number of carbonyl (C=O) groups is 1. The predicted octanol–water partition coefficient (Wildman–Crippen LogP) is 1.88. The minimum atomic E-state index is -0.263. The monoisotopic (exact) mass is 189 g/mol. The zero-order valence-electron chi connectivity index (χ0n) is 7.93. The summed E-state index contributed by atoms with van der Waals surface area (Å²) in [5.41, 5.74) is 2.09. The number of carbonyl (C=O) groups excluding carboxylic acids is 1. The first-order valence-electron chi connectivity index (χ1n) is 4.55. The average molecular weight is 189 g/mol. The van der Waals surface area contributed by atoms with Gasteiger partial charge in [-0.25, -0.2) is 0 Å². The van der Waals surface area contributed by atoms with Gasteiger partial charge >= 0.3 is 5.97 Å². The number of hydrogen-bond donors (Lipinski definition) is 0. The van der Waals surface area contributed by atoms with Crippen molar-refractivity contribution in [3.8, 4) is 0 Å². The summed E-state index contributed by atoms with van der Waals surface area (Å²) in [6, 6.07) is 7.87. The largest absolute Gasteiger partial charge is 0.456 e. The van der Waals surface area contributed by atoms with Gasteiger partial charge < -0.3 is 4.74 Å². The summed E-state index contributed by atoms with van der Waals surface area (Å²) in [6.07, 6.45) is 2.20. The van der Waals surface area contributed by atoms with Gasteiger partial charge in [-0.2, -0.15) is 0 Å². The van der Waals surface area contributed by atoms with Crippen LogP contribution in [0.3, 0.4) is 0 Å². The van der Waals surface area contributed by atoms with Crippen molar-refractivity contribution in [1.29, 1.82) is 0 Å². The molecule has 1 aromatic rings. The van der Waals surface area contributed by atoms with Crippen LogP contribution in [-0.2, 0) is 16.0 Å². The number of benzene rings is 1. The fourth-order valence-electron chi connectivity index (χ4n) is 1.53. The van der Waals surface area contributed by atoms with Crippen LogP contribution in [0.2, 0.25) is 0 Å². The summed E-state index contributed by atoms with van der Waals surface area (Å²) in [7, 11) is 0. The molecule has 1 aliphatic rings. The molecule has 1 unspecified atom stereocenters. The highest BCUT2D eigenvalue weighted by Gasteiger charge is 2.16. The third kappa shape index (κ3) is 1.82. The molecule has 0 fully saturated rings. The number of aliphatic imine (C=N–C) groups is 1. The third-order valence-corrected chi connectivity index (χ3v) is 2.11. The number of para-hydroxylation sites is 1. The van der Waals surface area contributed by atoms with Crippen molar-refractivity contribution in [2.24, 2.45) is 4.99 Å². The van der Waals surface area contributed by atoms with Crippen molar-refractivity contribution in [2.45, 2.75) is 19.4 Å². The van der Waals surface area contributed by atoms with Crippen LogP contribution in [0.1, 0.15) is 12.5 Å². The molecule has 14 heavy (non-hydrogen) atoms. The molecular weight excluding hydrogens is 178 g/mol. The van der Waals surface area contributed by atoms with Crippen molar-refractivity contribution >= 4 is 17.9 Å². The average Bonchev–Trinajstić information content (AvgIpc) is 2.17. The van der Waals surface area contributed by atoms with E-state index in [2.05, 4.69) is 4.99 Å². The van der Waals surface area contributed by atoms with Crippen molar-refractivity contribution in [1.82, 2.24) is 0 Å². The second-order valence-electron chi connectivity index (χ2n) is 3.26. The molecule has 0 spiro atoms. The standard InChI is InChI=1S/C11H11NO2/c1-8(13)14-10-6-9-4-2-3-5-11(9)12-7-10/h2-5,7,10H,6H2,1H3. The molecular formula is C11H11NO2. The lowest BCUT2D eigenvalue weighted by Gasteiger charge is -2.17. The fraction of sp³-hybridized carbons (Fsp3) is 0.273. The van der Waals surface area contributed by atoms with Crippen LogP contribution in [0.25, 0.3) is 0 Å². The first-order chi connectivity index (χ1) is 6.75. The normalized spacial score (nSPS) is 18.8. The number of ether oxygens (including phenoxy) is 1. The summed E-state index contributed by atoms with van der Waals surface area (Å²) in [4.78, 5) is 15.0. The van der Waals surface area contributed by atoms with E-state index in [1.165, 1.54) is 6.92 Å². The molecule has 1 atom stereocenters. The van der Waals surface area contributed by atoms with Gasteiger partial charge in [0.15, 0.2) is 0 Å². The quantitative estimate of drug-likeness (QED) is 0.632. The van der Waals surface area contributed by atoms with Crippen LogP contribution in [0.5, 0.6) is 0 Å². The molecule has 1 heterocycles. The van der Waals surface area contributed by atoms with Gasteiger partial charge in [0, 0.05) is 19.6 Å². The van der Waals surface area contributed by atoms with E-state index in [4.69, 9.17) is 4.74 Å². The molecule has 2 rings (SSSR count). The lowest BCUT2D eigenvalue weighted by Crippen LogP contribution is -2.22. The van der Waals surface area contributed by atoms with Crippen LogP contribution in [0.15, 0.2) is 29.3 Å². The van der Waals surface area contributed by atoms with Crippen molar-refractivity contribution in [2.75, 3.05) is 0 Å². The van der Waals surface area contributed by atoms with Crippen molar-refractivity contribution in [3.05, 3.63) is 29.8 Å². The fourth-order valence-corrected chi connectivity index (χ4v) is 1.53. The van der Waals surface area contributed by atoms with Crippen molar-refractivity contribution < 1.29 is 9.53 Å². The van der Waals surface area contributed by atoms with E-state index < -0.39 is 0 Å². The number of esters is 1. The molecule has 0 aromatic heterocycles. The Morgan fingerprint density at radius 3 is 3.07 bits per heavy atom. The van der Waals surface area contributed by atoms with Gasteiger partial charge in [0.1, 0.15) is 6.10 Å². The highest BCUT2D eigenvalue weighted by atomic mass is 16.5. The van der Waals surface area contributed by atoms with Crippen LogP contribution >= 0.6 is 0 Å². The second kappa shape index (κ2) is 3.62. The number of hydrogen-bond acceptors (Lipinski definition) is 3. The molecule has 0 N–H and O–H groups in total. The lowest BCUT2D eigenvalue weighted by molar-refractivity contribution is -0.143. The van der Waals surface area contributed by atoms with Crippen LogP contribution in [0, 0.1) is 0 Å². The highest BCUT2D eigenvalue weighted by Crippen LogP contribution is 2.23. The Hall–Kier alpha value is -1.64. The van der Waals surface area contributed by atoms with Gasteiger partial charge in [-0.15, -0.1) is 0 Å². The van der Waals surface area contributed by atoms with E-state index in [1.807, 2.05) is 24.3 Å². The molecule has 0 radical (unpaired) electrons. The Bertz CT molecular complexity index is 385. The van der Waals surface area contributed by atoms with E-state index in [0.717, 1.165) is 17.7 Å². The van der Waals surface area contributed by atoms with Gasteiger partial charge in [-0.1, -0.05) is 18.2 Å². The van der Waals surface area contributed by atoms with Gasteiger partial charge in [-0.3, -0.25) is 9.79 Å². The molecule has 0 amide bonds. The smallest absolute Gasteiger partial charge is 0.303 e. The second-order valence-corrected chi connectivity index (χ2v) is 3.26. The topological polar surface area (TPSA) is 38.7 Å². The summed E-state index contributed by atoms with van der Waals surface area (Å²) in [5.74, 6) is -0.263. The molecule has 72 valence electrons. The Morgan fingerprint density at radius 2 is 2.29 bits per heavy atom. The molecule has 0 aliphatic carbocycles. The summed E-state index contributed by atoms with van der Waals surface area (Å²) in [5, 5.41) is 0. The van der Waals surface area contributed by atoms with Gasteiger partial charge in [-0.05, 0) is 11.6 Å². The minimum absolute atomic E-state index is 0.206. The molecule has 0 saturated heterocycles.